The van der Waals surface area contributed by atoms with Crippen LogP contribution in [0.3, 0.4) is 0 Å². The highest BCUT2D eigenvalue weighted by atomic mass is 35.5. The van der Waals surface area contributed by atoms with E-state index < -0.39 is 21.9 Å². The first-order chi connectivity index (χ1) is 10.7. The van der Waals surface area contributed by atoms with Gasteiger partial charge in [-0.25, -0.2) is 12.8 Å². The van der Waals surface area contributed by atoms with E-state index in [0.717, 1.165) is 16.4 Å². The third-order valence-corrected chi connectivity index (χ3v) is 7.24. The van der Waals surface area contributed by atoms with Gasteiger partial charge in [-0.1, -0.05) is 11.6 Å². The number of amides is 1. The number of carbonyl (C=O) groups is 1. The van der Waals surface area contributed by atoms with Crippen LogP contribution in [0, 0.1) is 5.82 Å². The number of likely N-dealkylation sites (N-methyl/N-ethyl adjacent to an activating group) is 1. The first-order valence-electron chi connectivity index (χ1n) is 6.97. The van der Waals surface area contributed by atoms with E-state index in [1.807, 2.05) is 13.8 Å². The van der Waals surface area contributed by atoms with Gasteiger partial charge < -0.3 is 4.90 Å². The number of halogens is 2. The largest absolute Gasteiger partial charge is 0.342 e. The number of benzene rings is 1. The summed E-state index contributed by atoms with van der Waals surface area (Å²) in [6.45, 7) is 3.70. The molecule has 9 heteroatoms. The maximum absolute atomic E-state index is 13.4. The van der Waals surface area contributed by atoms with Crippen LogP contribution in [-0.4, -0.2) is 54.3 Å². The molecule has 1 aromatic carbocycles. The summed E-state index contributed by atoms with van der Waals surface area (Å²) in [6, 6.07) is 2.32. The molecule has 128 valence electrons. The Bertz CT molecular complexity index is 712. The number of thioether (sulfide) groups is 1. The zero-order valence-corrected chi connectivity index (χ0v) is 15.4. The van der Waals surface area contributed by atoms with Gasteiger partial charge in [0.15, 0.2) is 0 Å². The zero-order valence-electron chi connectivity index (χ0n) is 13.0. The van der Waals surface area contributed by atoms with Crippen molar-refractivity contribution < 1.29 is 17.6 Å². The van der Waals surface area contributed by atoms with Crippen molar-refractivity contribution in [3.05, 3.63) is 29.0 Å². The predicted octanol–water partition coefficient (Wildman–Crippen LogP) is 2.41. The second-order valence-corrected chi connectivity index (χ2v) is 8.79. The van der Waals surface area contributed by atoms with E-state index in [1.165, 1.54) is 22.7 Å². The third kappa shape index (κ3) is 3.65. The Kier molecular flexibility index (Phi) is 5.60. The molecule has 0 N–H and O–H groups in total. The van der Waals surface area contributed by atoms with E-state index in [2.05, 4.69) is 0 Å². The minimum absolute atomic E-state index is 0.0459. The molecule has 1 atom stereocenters. The van der Waals surface area contributed by atoms with Crippen LogP contribution in [0.1, 0.15) is 13.8 Å². The molecule has 23 heavy (non-hydrogen) atoms. The molecule has 1 aliphatic rings. The quantitative estimate of drug-likeness (QED) is 0.804. The lowest BCUT2D eigenvalue weighted by Crippen LogP contribution is -2.49. The molecule has 0 radical (unpaired) electrons. The number of nitrogens with zero attached hydrogens (tertiary/aromatic N) is 2. The predicted molar refractivity (Wildman–Crippen MR) is 89.5 cm³/mol. The Labute approximate surface area is 144 Å². The van der Waals surface area contributed by atoms with Crippen molar-refractivity contribution >= 4 is 39.3 Å². The molecule has 0 unspecified atom stereocenters. The van der Waals surface area contributed by atoms with Gasteiger partial charge in [0, 0.05) is 18.8 Å². The minimum Gasteiger partial charge on any atom is -0.342 e. The van der Waals surface area contributed by atoms with Gasteiger partial charge in [0.25, 0.3) is 0 Å². The van der Waals surface area contributed by atoms with Crippen molar-refractivity contribution in [3.63, 3.8) is 0 Å². The highest BCUT2D eigenvalue weighted by Gasteiger charge is 2.42. The van der Waals surface area contributed by atoms with E-state index >= 15 is 0 Å². The van der Waals surface area contributed by atoms with Crippen molar-refractivity contribution in [2.45, 2.75) is 30.8 Å². The van der Waals surface area contributed by atoms with Gasteiger partial charge in [-0.2, -0.15) is 4.31 Å². The van der Waals surface area contributed by atoms with Gasteiger partial charge >= 0.3 is 0 Å². The summed E-state index contributed by atoms with van der Waals surface area (Å²) in [7, 11) is -2.42. The number of hydrogen-bond acceptors (Lipinski definition) is 4. The lowest BCUT2D eigenvalue weighted by molar-refractivity contribution is -0.134. The fraction of sp³-hybridized carbons (Fsp3) is 0.500. The molecule has 1 fully saturated rings. The highest BCUT2D eigenvalue weighted by Crippen LogP contribution is 2.32. The first-order valence-corrected chi connectivity index (χ1v) is 9.95. The van der Waals surface area contributed by atoms with Gasteiger partial charge in [-0.05, 0) is 32.0 Å². The molecule has 0 bridgehead atoms. The summed E-state index contributed by atoms with van der Waals surface area (Å²) in [6.07, 6.45) is 0. The Balaban J connectivity index is 2.39. The summed E-state index contributed by atoms with van der Waals surface area (Å²) in [4.78, 5) is 13.7. The molecule has 1 heterocycles. The SMILES string of the molecule is CC(C)N(C)C(=O)[C@H]1CSCN1S(=O)(=O)c1cc(F)ccc1Cl. The van der Waals surface area contributed by atoms with Crippen LogP contribution >= 0.6 is 23.4 Å². The Hall–Kier alpha value is -0.830. The molecule has 1 aliphatic heterocycles. The van der Waals surface area contributed by atoms with E-state index in [-0.39, 0.29) is 27.7 Å². The molecule has 1 aromatic rings. The second kappa shape index (κ2) is 6.96. The van der Waals surface area contributed by atoms with Crippen LogP contribution < -0.4 is 0 Å². The molecular formula is C14H18ClFN2O3S2. The molecule has 0 aliphatic carbocycles. The number of carbonyl (C=O) groups excluding carboxylic acids is 1. The van der Waals surface area contributed by atoms with Crippen LogP contribution in [-0.2, 0) is 14.8 Å². The van der Waals surface area contributed by atoms with E-state index in [9.17, 15) is 17.6 Å². The maximum Gasteiger partial charge on any atom is 0.246 e. The van der Waals surface area contributed by atoms with Crippen molar-refractivity contribution in [1.29, 1.82) is 0 Å². The van der Waals surface area contributed by atoms with Crippen molar-refractivity contribution in [2.75, 3.05) is 18.7 Å². The Morgan fingerprint density at radius 2 is 2.13 bits per heavy atom. The molecule has 2 rings (SSSR count). The molecule has 0 saturated carbocycles. The van der Waals surface area contributed by atoms with Crippen LogP contribution in [0.5, 0.6) is 0 Å². The number of rotatable bonds is 4. The average molecular weight is 381 g/mol. The van der Waals surface area contributed by atoms with E-state index in [4.69, 9.17) is 11.6 Å². The fourth-order valence-corrected chi connectivity index (χ4v) is 5.77. The Morgan fingerprint density at radius 1 is 1.48 bits per heavy atom. The topological polar surface area (TPSA) is 57.7 Å². The summed E-state index contributed by atoms with van der Waals surface area (Å²) >= 11 is 7.27. The molecule has 0 aromatic heterocycles. The summed E-state index contributed by atoms with van der Waals surface area (Å²) in [5.41, 5.74) is 0. The van der Waals surface area contributed by atoms with Crippen molar-refractivity contribution in [2.24, 2.45) is 0 Å². The molecule has 0 spiro atoms. The van der Waals surface area contributed by atoms with Crippen LogP contribution in [0.25, 0.3) is 0 Å². The molecular weight excluding hydrogens is 363 g/mol. The number of sulfonamides is 1. The highest BCUT2D eigenvalue weighted by molar-refractivity contribution is 8.00. The lowest BCUT2D eigenvalue weighted by atomic mass is 10.2. The standard InChI is InChI=1S/C14H18ClFN2O3S2/c1-9(2)17(3)14(19)12-7-22-8-18(12)23(20,21)13-6-10(16)4-5-11(13)15/h4-6,9,12H,7-8H2,1-3H3/t12-/m1/s1. The van der Waals surface area contributed by atoms with Gasteiger partial charge in [-0.3, -0.25) is 4.79 Å². The third-order valence-electron chi connectivity index (χ3n) is 3.73. The molecule has 5 nitrogen and oxygen atoms in total. The maximum atomic E-state index is 13.4. The summed E-state index contributed by atoms with van der Waals surface area (Å²) in [5.74, 6) is -0.470. The lowest BCUT2D eigenvalue weighted by Gasteiger charge is -2.29. The van der Waals surface area contributed by atoms with Crippen molar-refractivity contribution in [1.82, 2.24) is 9.21 Å². The fourth-order valence-electron chi connectivity index (χ4n) is 2.15. The normalized spacial score (nSPS) is 19.3. The average Bonchev–Trinajstić information content (AvgIpc) is 2.98. The summed E-state index contributed by atoms with van der Waals surface area (Å²) < 4.78 is 40.1. The Morgan fingerprint density at radius 3 is 2.74 bits per heavy atom. The van der Waals surface area contributed by atoms with Crippen molar-refractivity contribution in [3.8, 4) is 0 Å². The van der Waals surface area contributed by atoms with Crippen LogP contribution in [0.2, 0.25) is 5.02 Å². The van der Waals surface area contributed by atoms with Gasteiger partial charge in [-0.15, -0.1) is 11.8 Å². The minimum atomic E-state index is -4.05. The van der Waals surface area contributed by atoms with Gasteiger partial charge in [0.2, 0.25) is 15.9 Å². The molecule has 1 amide bonds. The number of hydrogen-bond donors (Lipinski definition) is 0. The molecule has 1 saturated heterocycles. The zero-order chi connectivity index (χ0) is 17.4. The second-order valence-electron chi connectivity index (χ2n) is 5.53. The van der Waals surface area contributed by atoms with Crippen LogP contribution in [0.15, 0.2) is 23.1 Å². The monoisotopic (exact) mass is 380 g/mol. The van der Waals surface area contributed by atoms with E-state index in [1.54, 1.807) is 7.05 Å². The van der Waals surface area contributed by atoms with E-state index in [0.29, 0.717) is 5.75 Å². The van der Waals surface area contributed by atoms with Crippen LogP contribution in [0.4, 0.5) is 4.39 Å². The van der Waals surface area contributed by atoms with Gasteiger partial charge in [0.05, 0.1) is 10.9 Å². The smallest absolute Gasteiger partial charge is 0.246 e. The first kappa shape index (κ1) is 18.5. The van der Waals surface area contributed by atoms with Gasteiger partial charge in [0.1, 0.15) is 16.8 Å². The summed E-state index contributed by atoms with van der Waals surface area (Å²) in [5, 5.41) is -0.0632.